The first-order valence-corrected chi connectivity index (χ1v) is 11.5. The molecule has 1 rings (SSSR count). The molecule has 0 radical (unpaired) electrons. The first-order valence-electron chi connectivity index (χ1n) is 11.5. The van der Waals surface area contributed by atoms with Gasteiger partial charge in [0.15, 0.2) is 0 Å². The third-order valence-corrected chi connectivity index (χ3v) is 4.35. The summed E-state index contributed by atoms with van der Waals surface area (Å²) in [7, 11) is 0. The topological polar surface area (TPSA) is 72.5 Å². The molecule has 0 fully saturated rings. The molecule has 1 aromatic rings. The number of benzene rings is 1. The van der Waals surface area contributed by atoms with Gasteiger partial charge < -0.3 is 28.4 Å². The van der Waals surface area contributed by atoms with E-state index in [4.69, 9.17) is 28.4 Å². The van der Waals surface area contributed by atoms with Crippen LogP contribution in [0.2, 0.25) is 0 Å². The third-order valence-electron chi connectivity index (χ3n) is 4.35. The molecular formula is C24H40O7. The molecule has 0 N–H and O–H groups in total. The lowest BCUT2D eigenvalue weighted by atomic mass is 10.2. The maximum Gasteiger partial charge on any atom is 0.338 e. The molecule has 7 nitrogen and oxygen atoms in total. The van der Waals surface area contributed by atoms with Gasteiger partial charge in [0, 0.05) is 6.61 Å². The van der Waals surface area contributed by atoms with Gasteiger partial charge in [-0.25, -0.2) is 4.79 Å². The molecule has 0 atom stereocenters. The molecule has 0 aliphatic heterocycles. The molecular weight excluding hydrogens is 400 g/mol. The number of carbonyl (C=O) groups is 1. The molecule has 0 heterocycles. The number of ether oxygens (including phenoxy) is 6. The summed E-state index contributed by atoms with van der Waals surface area (Å²) in [5, 5.41) is 0. The van der Waals surface area contributed by atoms with Gasteiger partial charge >= 0.3 is 5.97 Å². The molecule has 0 aromatic heterocycles. The van der Waals surface area contributed by atoms with Crippen LogP contribution in [0.5, 0.6) is 0 Å². The van der Waals surface area contributed by atoms with Gasteiger partial charge in [0.2, 0.25) is 0 Å². The predicted molar refractivity (Wildman–Crippen MR) is 120 cm³/mol. The van der Waals surface area contributed by atoms with Crippen LogP contribution in [-0.4, -0.2) is 78.6 Å². The highest BCUT2D eigenvalue weighted by Crippen LogP contribution is 2.02. The van der Waals surface area contributed by atoms with Crippen molar-refractivity contribution in [3.05, 3.63) is 35.9 Å². The van der Waals surface area contributed by atoms with Crippen molar-refractivity contribution in [2.45, 2.75) is 39.0 Å². The fourth-order valence-corrected chi connectivity index (χ4v) is 2.64. The summed E-state index contributed by atoms with van der Waals surface area (Å²) in [5.41, 5.74) is 0.540. The standard InChI is InChI=1S/C24H40O7/c1-2-3-4-5-9-12-26-13-14-27-15-16-28-17-18-29-19-20-30-21-22-31-24(25)23-10-7-6-8-11-23/h6-8,10-11H,2-5,9,12-22H2,1H3. The highest BCUT2D eigenvalue weighted by molar-refractivity contribution is 5.89. The quantitative estimate of drug-likeness (QED) is 0.200. The largest absolute Gasteiger partial charge is 0.460 e. The van der Waals surface area contributed by atoms with E-state index in [-0.39, 0.29) is 12.6 Å². The zero-order valence-corrected chi connectivity index (χ0v) is 19.1. The summed E-state index contributed by atoms with van der Waals surface area (Å²) < 4.78 is 32.3. The van der Waals surface area contributed by atoms with Crippen LogP contribution in [0.3, 0.4) is 0 Å². The van der Waals surface area contributed by atoms with Crippen LogP contribution in [0, 0.1) is 0 Å². The van der Waals surface area contributed by atoms with Crippen LogP contribution < -0.4 is 0 Å². The second-order valence-electron chi connectivity index (χ2n) is 6.98. The minimum Gasteiger partial charge on any atom is -0.460 e. The monoisotopic (exact) mass is 440 g/mol. The van der Waals surface area contributed by atoms with Crippen LogP contribution in [0.15, 0.2) is 30.3 Å². The number of carbonyl (C=O) groups excluding carboxylic acids is 1. The molecule has 0 aliphatic rings. The Morgan fingerprint density at radius 2 is 1.03 bits per heavy atom. The Balaban J connectivity index is 1.70. The number of rotatable bonds is 22. The van der Waals surface area contributed by atoms with Crippen LogP contribution in [-0.2, 0) is 28.4 Å². The van der Waals surface area contributed by atoms with Gasteiger partial charge in [0.25, 0.3) is 0 Å². The van der Waals surface area contributed by atoms with Crippen LogP contribution in [0.4, 0.5) is 0 Å². The Kier molecular flexibility index (Phi) is 19.3. The Morgan fingerprint density at radius 1 is 0.581 bits per heavy atom. The van der Waals surface area contributed by atoms with Crippen molar-refractivity contribution in [3.8, 4) is 0 Å². The van der Waals surface area contributed by atoms with E-state index in [1.807, 2.05) is 6.07 Å². The summed E-state index contributed by atoms with van der Waals surface area (Å²) >= 11 is 0. The lowest BCUT2D eigenvalue weighted by Crippen LogP contribution is -2.15. The van der Waals surface area contributed by atoms with E-state index >= 15 is 0 Å². The highest BCUT2D eigenvalue weighted by atomic mass is 16.6. The Bertz CT molecular complexity index is 510. The normalized spacial score (nSPS) is 11.0. The highest BCUT2D eigenvalue weighted by Gasteiger charge is 2.04. The molecule has 0 bridgehead atoms. The van der Waals surface area contributed by atoms with E-state index in [1.165, 1.54) is 25.7 Å². The predicted octanol–water partition coefficient (Wildman–Crippen LogP) is 3.90. The zero-order valence-electron chi connectivity index (χ0n) is 19.1. The van der Waals surface area contributed by atoms with Crippen molar-refractivity contribution >= 4 is 5.97 Å². The van der Waals surface area contributed by atoms with Gasteiger partial charge in [-0.3, -0.25) is 0 Å². The number of hydrogen-bond acceptors (Lipinski definition) is 7. The maximum atomic E-state index is 11.7. The van der Waals surface area contributed by atoms with Gasteiger partial charge in [-0.2, -0.15) is 0 Å². The minimum atomic E-state index is -0.341. The second kappa shape index (κ2) is 21.7. The molecule has 0 saturated heterocycles. The number of unbranched alkanes of at least 4 members (excludes halogenated alkanes) is 4. The van der Waals surface area contributed by atoms with Crippen molar-refractivity contribution in [2.24, 2.45) is 0 Å². The second-order valence-corrected chi connectivity index (χ2v) is 6.98. The Hall–Kier alpha value is -1.51. The molecule has 0 saturated carbocycles. The van der Waals surface area contributed by atoms with E-state index in [0.29, 0.717) is 65.0 Å². The average molecular weight is 441 g/mol. The first kappa shape index (κ1) is 27.5. The van der Waals surface area contributed by atoms with E-state index in [9.17, 15) is 4.79 Å². The fraction of sp³-hybridized carbons (Fsp3) is 0.708. The van der Waals surface area contributed by atoms with Gasteiger partial charge in [-0.05, 0) is 18.6 Å². The molecule has 31 heavy (non-hydrogen) atoms. The van der Waals surface area contributed by atoms with Crippen molar-refractivity contribution in [1.29, 1.82) is 0 Å². The van der Waals surface area contributed by atoms with E-state index in [1.54, 1.807) is 24.3 Å². The summed E-state index contributed by atoms with van der Waals surface area (Å²) in [6, 6.07) is 8.89. The first-order chi connectivity index (χ1) is 15.3. The van der Waals surface area contributed by atoms with Crippen molar-refractivity contribution < 1.29 is 33.2 Å². The summed E-state index contributed by atoms with van der Waals surface area (Å²) in [4.78, 5) is 11.7. The average Bonchev–Trinajstić information content (AvgIpc) is 2.80. The lowest BCUT2D eigenvalue weighted by molar-refractivity contribution is -0.0153. The SMILES string of the molecule is CCCCCCCOCCOCCOCCOCCOCCOC(=O)c1ccccc1. The summed E-state index contributed by atoms with van der Waals surface area (Å²) in [5.74, 6) is -0.341. The molecule has 0 spiro atoms. The molecule has 0 aliphatic carbocycles. The van der Waals surface area contributed by atoms with E-state index in [2.05, 4.69) is 6.92 Å². The van der Waals surface area contributed by atoms with Crippen molar-refractivity contribution in [1.82, 2.24) is 0 Å². The van der Waals surface area contributed by atoms with E-state index < -0.39 is 0 Å². The smallest absolute Gasteiger partial charge is 0.338 e. The molecule has 0 amide bonds. The van der Waals surface area contributed by atoms with Crippen LogP contribution in [0.1, 0.15) is 49.4 Å². The molecule has 1 aromatic carbocycles. The van der Waals surface area contributed by atoms with Gasteiger partial charge in [0.1, 0.15) is 6.61 Å². The van der Waals surface area contributed by atoms with Crippen molar-refractivity contribution in [3.63, 3.8) is 0 Å². The minimum absolute atomic E-state index is 0.223. The number of hydrogen-bond donors (Lipinski definition) is 0. The van der Waals surface area contributed by atoms with Crippen LogP contribution >= 0.6 is 0 Å². The Labute approximate surface area is 187 Å². The molecule has 7 heteroatoms. The summed E-state index contributed by atoms with van der Waals surface area (Å²) in [6.07, 6.45) is 6.27. The van der Waals surface area contributed by atoms with Gasteiger partial charge in [-0.15, -0.1) is 0 Å². The fourth-order valence-electron chi connectivity index (χ4n) is 2.64. The maximum absolute atomic E-state index is 11.7. The Morgan fingerprint density at radius 3 is 1.55 bits per heavy atom. The van der Waals surface area contributed by atoms with Crippen LogP contribution in [0.25, 0.3) is 0 Å². The molecule has 178 valence electrons. The zero-order chi connectivity index (χ0) is 22.2. The van der Waals surface area contributed by atoms with Gasteiger partial charge in [0.05, 0.1) is 65.0 Å². The number of esters is 1. The van der Waals surface area contributed by atoms with Gasteiger partial charge in [-0.1, -0.05) is 50.8 Å². The third kappa shape index (κ3) is 17.8. The molecule has 0 unspecified atom stereocenters. The summed E-state index contributed by atoms with van der Waals surface area (Å²) in [6.45, 7) is 7.91. The van der Waals surface area contributed by atoms with E-state index in [0.717, 1.165) is 13.0 Å². The van der Waals surface area contributed by atoms with Crippen molar-refractivity contribution in [2.75, 3.05) is 72.7 Å². The lowest BCUT2D eigenvalue weighted by Gasteiger charge is -2.08.